The first-order valence-corrected chi connectivity index (χ1v) is 6.32. The smallest absolute Gasteiger partial charge is 0.225 e. The molecule has 0 saturated carbocycles. The molecule has 0 bridgehead atoms. The molecule has 0 amide bonds. The second-order valence-electron chi connectivity index (χ2n) is 3.75. The molecule has 92 valence electrons. The number of rotatable bonds is 8. The molecule has 1 heterocycles. The van der Waals surface area contributed by atoms with Crippen molar-refractivity contribution in [3.63, 3.8) is 0 Å². The highest BCUT2D eigenvalue weighted by Crippen LogP contribution is 2.10. The zero-order valence-electron chi connectivity index (χ0n) is 10.1. The molecule has 0 aliphatic heterocycles. The van der Waals surface area contributed by atoms with Gasteiger partial charge in [-0.25, -0.2) is 0 Å². The molecule has 0 unspecified atom stereocenters. The first-order chi connectivity index (χ1) is 7.79. The Morgan fingerprint density at radius 2 is 2.00 bits per heavy atom. The van der Waals surface area contributed by atoms with Crippen molar-refractivity contribution < 1.29 is 4.74 Å². The van der Waals surface area contributed by atoms with Crippen LogP contribution in [0, 0.1) is 0 Å². The summed E-state index contributed by atoms with van der Waals surface area (Å²) in [7, 11) is 0. The zero-order valence-corrected chi connectivity index (χ0v) is 10.8. The molecule has 0 atom stereocenters. The Labute approximate surface area is 102 Å². The van der Waals surface area contributed by atoms with E-state index in [1.165, 1.54) is 0 Å². The van der Waals surface area contributed by atoms with Gasteiger partial charge >= 0.3 is 0 Å². The molecule has 1 aromatic heterocycles. The van der Waals surface area contributed by atoms with Gasteiger partial charge in [0.2, 0.25) is 5.28 Å². The lowest BCUT2D eigenvalue weighted by Gasteiger charge is -2.07. The van der Waals surface area contributed by atoms with Crippen LogP contribution >= 0.6 is 11.6 Å². The van der Waals surface area contributed by atoms with Crippen LogP contribution in [-0.4, -0.2) is 28.0 Å². The summed E-state index contributed by atoms with van der Waals surface area (Å²) in [5.74, 6) is 0.975. The van der Waals surface area contributed by atoms with Crippen molar-refractivity contribution >= 4 is 11.6 Å². The number of hydrogen-bond acceptors (Lipinski definition) is 3. The Kier molecular flexibility index (Phi) is 6.42. The molecule has 0 N–H and O–H groups in total. The zero-order chi connectivity index (χ0) is 11.8. The number of hydrogen-bond donors (Lipinski definition) is 0. The average Bonchev–Trinajstić information content (AvgIpc) is 2.61. The van der Waals surface area contributed by atoms with Gasteiger partial charge in [-0.15, -0.1) is 10.2 Å². The minimum absolute atomic E-state index is 0.485. The lowest BCUT2D eigenvalue weighted by Crippen LogP contribution is -2.07. The molecule has 0 radical (unpaired) electrons. The van der Waals surface area contributed by atoms with Crippen molar-refractivity contribution in [1.82, 2.24) is 14.8 Å². The van der Waals surface area contributed by atoms with Gasteiger partial charge in [-0.05, 0) is 30.9 Å². The Morgan fingerprint density at radius 1 is 1.19 bits per heavy atom. The van der Waals surface area contributed by atoms with E-state index in [1.54, 1.807) is 0 Å². The van der Waals surface area contributed by atoms with Crippen molar-refractivity contribution in [2.75, 3.05) is 13.2 Å². The SMILES string of the molecule is CCCOCCCn1c(Cl)nnc1CCC. The molecule has 0 aromatic carbocycles. The first-order valence-electron chi connectivity index (χ1n) is 5.94. The molecular formula is C11H20ClN3O. The van der Waals surface area contributed by atoms with Gasteiger partial charge in [0.05, 0.1) is 0 Å². The van der Waals surface area contributed by atoms with Gasteiger partial charge in [-0.2, -0.15) is 0 Å². The van der Waals surface area contributed by atoms with Gasteiger partial charge in [0.15, 0.2) is 0 Å². The topological polar surface area (TPSA) is 39.9 Å². The summed E-state index contributed by atoms with van der Waals surface area (Å²) in [6.07, 6.45) is 4.00. The van der Waals surface area contributed by atoms with E-state index in [0.29, 0.717) is 5.28 Å². The fourth-order valence-electron chi connectivity index (χ4n) is 1.51. The summed E-state index contributed by atoms with van der Waals surface area (Å²) in [6.45, 7) is 6.67. The van der Waals surface area contributed by atoms with Crippen LogP contribution in [0.15, 0.2) is 0 Å². The molecule has 16 heavy (non-hydrogen) atoms. The molecule has 0 saturated heterocycles. The maximum Gasteiger partial charge on any atom is 0.225 e. The maximum atomic E-state index is 5.97. The molecule has 0 aliphatic rings. The molecule has 1 aromatic rings. The quantitative estimate of drug-likeness (QED) is 0.661. The summed E-state index contributed by atoms with van der Waals surface area (Å²) in [5.41, 5.74) is 0. The lowest BCUT2D eigenvalue weighted by molar-refractivity contribution is 0.129. The predicted octanol–water partition coefficient (Wildman–Crippen LogP) is 2.70. The molecule has 5 heteroatoms. The minimum atomic E-state index is 0.485. The van der Waals surface area contributed by atoms with Gasteiger partial charge < -0.3 is 9.30 Å². The molecule has 0 spiro atoms. The molecule has 0 aliphatic carbocycles. The molecular weight excluding hydrogens is 226 g/mol. The summed E-state index contributed by atoms with van der Waals surface area (Å²) >= 11 is 5.97. The maximum absolute atomic E-state index is 5.97. The van der Waals surface area contributed by atoms with Crippen LogP contribution in [0.4, 0.5) is 0 Å². The summed E-state index contributed by atoms with van der Waals surface area (Å²) in [4.78, 5) is 0. The lowest BCUT2D eigenvalue weighted by atomic mass is 10.3. The van der Waals surface area contributed by atoms with Crippen LogP contribution in [-0.2, 0) is 17.7 Å². The normalized spacial score (nSPS) is 10.9. The van der Waals surface area contributed by atoms with E-state index >= 15 is 0 Å². The van der Waals surface area contributed by atoms with Gasteiger partial charge in [0, 0.05) is 26.2 Å². The van der Waals surface area contributed by atoms with E-state index in [0.717, 1.165) is 51.3 Å². The Balaban J connectivity index is 2.36. The molecule has 0 fully saturated rings. The number of halogens is 1. The molecule has 1 rings (SSSR count). The van der Waals surface area contributed by atoms with Gasteiger partial charge in [0.1, 0.15) is 5.82 Å². The third-order valence-corrected chi connectivity index (χ3v) is 2.55. The summed E-state index contributed by atoms with van der Waals surface area (Å²) < 4.78 is 7.40. The van der Waals surface area contributed by atoms with E-state index < -0.39 is 0 Å². The van der Waals surface area contributed by atoms with Crippen LogP contribution in [0.3, 0.4) is 0 Å². The van der Waals surface area contributed by atoms with E-state index in [4.69, 9.17) is 16.3 Å². The van der Waals surface area contributed by atoms with E-state index in [1.807, 2.05) is 4.57 Å². The minimum Gasteiger partial charge on any atom is -0.381 e. The Hall–Kier alpha value is -0.610. The number of ether oxygens (including phenoxy) is 1. The predicted molar refractivity (Wildman–Crippen MR) is 64.8 cm³/mol. The Bertz CT molecular complexity index is 301. The van der Waals surface area contributed by atoms with Gasteiger partial charge in [0.25, 0.3) is 0 Å². The van der Waals surface area contributed by atoms with Crippen LogP contribution < -0.4 is 0 Å². The van der Waals surface area contributed by atoms with Crippen LogP contribution in [0.1, 0.15) is 38.9 Å². The van der Waals surface area contributed by atoms with E-state index in [2.05, 4.69) is 24.0 Å². The van der Waals surface area contributed by atoms with E-state index in [-0.39, 0.29) is 0 Å². The Morgan fingerprint density at radius 3 is 2.69 bits per heavy atom. The fraction of sp³-hybridized carbons (Fsp3) is 0.818. The average molecular weight is 246 g/mol. The second kappa shape index (κ2) is 7.63. The first kappa shape index (κ1) is 13.5. The van der Waals surface area contributed by atoms with Crippen LogP contribution in [0.2, 0.25) is 5.28 Å². The van der Waals surface area contributed by atoms with Crippen molar-refractivity contribution in [2.24, 2.45) is 0 Å². The molecule has 4 nitrogen and oxygen atoms in total. The van der Waals surface area contributed by atoms with Crippen molar-refractivity contribution in [1.29, 1.82) is 0 Å². The highest BCUT2D eigenvalue weighted by molar-refractivity contribution is 6.28. The van der Waals surface area contributed by atoms with Crippen LogP contribution in [0.25, 0.3) is 0 Å². The number of aromatic nitrogens is 3. The monoisotopic (exact) mass is 245 g/mol. The van der Waals surface area contributed by atoms with Gasteiger partial charge in [-0.3, -0.25) is 0 Å². The van der Waals surface area contributed by atoms with Crippen LogP contribution in [0.5, 0.6) is 0 Å². The van der Waals surface area contributed by atoms with E-state index in [9.17, 15) is 0 Å². The van der Waals surface area contributed by atoms with Gasteiger partial charge in [-0.1, -0.05) is 13.8 Å². The number of nitrogens with zero attached hydrogens (tertiary/aromatic N) is 3. The van der Waals surface area contributed by atoms with Crippen molar-refractivity contribution in [3.05, 3.63) is 11.1 Å². The summed E-state index contributed by atoms with van der Waals surface area (Å²) in [6, 6.07) is 0. The summed E-state index contributed by atoms with van der Waals surface area (Å²) in [5, 5.41) is 8.43. The standard InChI is InChI=1S/C11H20ClN3O/c1-3-6-10-13-14-11(12)15(10)7-5-9-16-8-4-2/h3-9H2,1-2H3. The number of aryl methyl sites for hydroxylation is 1. The highest BCUT2D eigenvalue weighted by atomic mass is 35.5. The highest BCUT2D eigenvalue weighted by Gasteiger charge is 2.08. The van der Waals surface area contributed by atoms with Crippen molar-refractivity contribution in [3.8, 4) is 0 Å². The third-order valence-electron chi connectivity index (χ3n) is 2.27. The van der Waals surface area contributed by atoms with Crippen molar-refractivity contribution in [2.45, 2.75) is 46.1 Å². The third kappa shape index (κ3) is 4.10. The second-order valence-corrected chi connectivity index (χ2v) is 4.09. The largest absolute Gasteiger partial charge is 0.381 e. The fourth-order valence-corrected chi connectivity index (χ4v) is 1.73.